The summed E-state index contributed by atoms with van der Waals surface area (Å²) in [7, 11) is -2.86. The lowest BCUT2D eigenvalue weighted by atomic mass is 9.98. The molecule has 1 saturated heterocycles. The maximum Gasteiger partial charge on any atom is 0.152 e. The number of rotatable bonds is 4. The molecule has 0 saturated carbocycles. The highest BCUT2D eigenvalue weighted by Crippen LogP contribution is 2.19. The topological polar surface area (TPSA) is 76.3 Å². The Labute approximate surface area is 118 Å². The van der Waals surface area contributed by atoms with Gasteiger partial charge >= 0.3 is 0 Å². The molecular weight excluding hydrogens is 281 g/mol. The van der Waals surface area contributed by atoms with Gasteiger partial charge in [0.2, 0.25) is 0 Å². The van der Waals surface area contributed by atoms with E-state index in [-0.39, 0.29) is 29.3 Å². The van der Waals surface area contributed by atoms with Crippen LogP contribution in [0.5, 0.6) is 0 Å². The van der Waals surface area contributed by atoms with Crippen molar-refractivity contribution in [3.8, 4) is 0 Å². The van der Waals surface area contributed by atoms with Gasteiger partial charge in [-0.05, 0) is 18.1 Å². The van der Waals surface area contributed by atoms with Gasteiger partial charge in [0.05, 0.1) is 29.4 Å². The minimum Gasteiger partial charge on any atom is -0.322 e. The van der Waals surface area contributed by atoms with Crippen LogP contribution in [-0.2, 0) is 9.84 Å². The largest absolute Gasteiger partial charge is 0.322 e. The third-order valence-corrected chi connectivity index (χ3v) is 5.30. The first kappa shape index (κ1) is 15.3. The number of halogens is 1. The van der Waals surface area contributed by atoms with Gasteiger partial charge in [0.1, 0.15) is 5.82 Å². The van der Waals surface area contributed by atoms with Crippen molar-refractivity contribution in [2.75, 3.05) is 31.1 Å². The molecule has 2 unspecified atom stereocenters. The van der Waals surface area contributed by atoms with Gasteiger partial charge in [0.15, 0.2) is 9.84 Å². The molecule has 7 heteroatoms. The molecule has 0 amide bonds. The molecule has 0 aliphatic carbocycles. The predicted molar refractivity (Wildman–Crippen MR) is 75.4 cm³/mol. The highest BCUT2D eigenvalue weighted by atomic mass is 32.2. The lowest BCUT2D eigenvalue weighted by molar-refractivity contribution is 0.236. The van der Waals surface area contributed by atoms with E-state index in [1.54, 1.807) is 6.07 Å². The Morgan fingerprint density at radius 1 is 1.40 bits per heavy atom. The summed E-state index contributed by atoms with van der Waals surface area (Å²) in [6, 6.07) is 2.66. The van der Waals surface area contributed by atoms with E-state index in [1.165, 1.54) is 6.07 Å². The SMILES string of the molecule is CC(CN1CCS(=O)(=O)CC1)C(N)c1ccc(F)cn1. The van der Waals surface area contributed by atoms with Crippen molar-refractivity contribution in [3.05, 3.63) is 29.8 Å². The van der Waals surface area contributed by atoms with Crippen LogP contribution in [0, 0.1) is 11.7 Å². The molecule has 2 heterocycles. The van der Waals surface area contributed by atoms with Crippen LogP contribution in [0.2, 0.25) is 0 Å². The lowest BCUT2D eigenvalue weighted by Crippen LogP contribution is -2.43. The number of pyridine rings is 1. The van der Waals surface area contributed by atoms with Gasteiger partial charge in [-0.3, -0.25) is 4.98 Å². The van der Waals surface area contributed by atoms with Crippen LogP contribution in [0.4, 0.5) is 4.39 Å². The fourth-order valence-corrected chi connectivity index (χ4v) is 3.61. The molecule has 2 rings (SSSR count). The molecule has 0 radical (unpaired) electrons. The van der Waals surface area contributed by atoms with Crippen molar-refractivity contribution >= 4 is 9.84 Å². The van der Waals surface area contributed by atoms with Crippen molar-refractivity contribution in [1.29, 1.82) is 0 Å². The molecule has 0 aromatic carbocycles. The average Bonchev–Trinajstić information content (AvgIpc) is 2.41. The quantitative estimate of drug-likeness (QED) is 0.880. The van der Waals surface area contributed by atoms with Crippen LogP contribution in [0.15, 0.2) is 18.3 Å². The van der Waals surface area contributed by atoms with Crippen molar-refractivity contribution in [1.82, 2.24) is 9.88 Å². The molecule has 0 spiro atoms. The number of hydrogen-bond donors (Lipinski definition) is 1. The molecule has 0 bridgehead atoms. The molecule has 1 aliphatic heterocycles. The van der Waals surface area contributed by atoms with Crippen LogP contribution >= 0.6 is 0 Å². The first-order chi connectivity index (χ1) is 9.37. The fraction of sp³-hybridized carbons (Fsp3) is 0.615. The Kier molecular flexibility index (Phi) is 4.72. The first-order valence-electron chi connectivity index (χ1n) is 6.67. The molecule has 1 fully saturated rings. The van der Waals surface area contributed by atoms with E-state index in [0.717, 1.165) is 12.7 Å². The van der Waals surface area contributed by atoms with E-state index in [1.807, 2.05) is 6.92 Å². The zero-order chi connectivity index (χ0) is 14.8. The molecule has 5 nitrogen and oxygen atoms in total. The van der Waals surface area contributed by atoms with Gasteiger partial charge in [-0.25, -0.2) is 12.8 Å². The summed E-state index contributed by atoms with van der Waals surface area (Å²) < 4.78 is 35.6. The van der Waals surface area contributed by atoms with E-state index >= 15 is 0 Å². The summed E-state index contributed by atoms with van der Waals surface area (Å²) in [4.78, 5) is 6.11. The molecule has 1 aromatic rings. The second kappa shape index (κ2) is 6.15. The lowest BCUT2D eigenvalue weighted by Gasteiger charge is -2.31. The van der Waals surface area contributed by atoms with Gasteiger partial charge in [0, 0.05) is 19.6 Å². The van der Waals surface area contributed by atoms with Crippen LogP contribution in [-0.4, -0.2) is 49.4 Å². The van der Waals surface area contributed by atoms with E-state index in [4.69, 9.17) is 5.73 Å². The van der Waals surface area contributed by atoms with Gasteiger partial charge in [-0.2, -0.15) is 0 Å². The van der Waals surface area contributed by atoms with Crippen LogP contribution in [0.3, 0.4) is 0 Å². The Hall–Kier alpha value is -1.05. The van der Waals surface area contributed by atoms with Crippen molar-refractivity contribution in [2.24, 2.45) is 11.7 Å². The standard InChI is InChI=1S/C13H20FN3O2S/c1-10(9-17-4-6-20(18,19)7-5-17)13(15)12-3-2-11(14)8-16-12/h2-3,8,10,13H,4-7,9,15H2,1H3. The third kappa shape index (κ3) is 3.97. The van der Waals surface area contributed by atoms with Gasteiger partial charge < -0.3 is 10.6 Å². The van der Waals surface area contributed by atoms with E-state index < -0.39 is 9.84 Å². The summed E-state index contributed by atoms with van der Waals surface area (Å²) in [6.07, 6.45) is 1.16. The maximum absolute atomic E-state index is 12.8. The second-order valence-electron chi connectivity index (χ2n) is 5.36. The first-order valence-corrected chi connectivity index (χ1v) is 8.49. The Balaban J connectivity index is 1.91. The number of sulfone groups is 1. The van der Waals surface area contributed by atoms with Crippen LogP contribution < -0.4 is 5.73 Å². The molecule has 20 heavy (non-hydrogen) atoms. The summed E-state index contributed by atoms with van der Waals surface area (Å²) in [6.45, 7) is 3.82. The smallest absolute Gasteiger partial charge is 0.152 e. The monoisotopic (exact) mass is 301 g/mol. The fourth-order valence-electron chi connectivity index (χ4n) is 2.33. The predicted octanol–water partition coefficient (Wildman–Crippen LogP) is 0.587. The molecule has 2 N–H and O–H groups in total. The molecular formula is C13H20FN3O2S. The van der Waals surface area contributed by atoms with E-state index in [0.29, 0.717) is 18.8 Å². The normalized spacial score (nSPS) is 22.4. The number of nitrogens with zero attached hydrogens (tertiary/aromatic N) is 2. The Morgan fingerprint density at radius 2 is 2.05 bits per heavy atom. The average molecular weight is 301 g/mol. The molecule has 2 atom stereocenters. The number of aromatic nitrogens is 1. The zero-order valence-corrected chi connectivity index (χ0v) is 12.3. The van der Waals surface area contributed by atoms with Crippen molar-refractivity contribution in [3.63, 3.8) is 0 Å². The van der Waals surface area contributed by atoms with E-state index in [9.17, 15) is 12.8 Å². The summed E-state index contributed by atoms with van der Waals surface area (Å²) >= 11 is 0. The minimum atomic E-state index is -2.86. The van der Waals surface area contributed by atoms with E-state index in [2.05, 4.69) is 9.88 Å². The van der Waals surface area contributed by atoms with Crippen molar-refractivity contribution in [2.45, 2.75) is 13.0 Å². The highest BCUT2D eigenvalue weighted by Gasteiger charge is 2.25. The maximum atomic E-state index is 12.8. The van der Waals surface area contributed by atoms with Crippen LogP contribution in [0.25, 0.3) is 0 Å². The highest BCUT2D eigenvalue weighted by molar-refractivity contribution is 7.91. The zero-order valence-electron chi connectivity index (χ0n) is 11.5. The number of hydrogen-bond acceptors (Lipinski definition) is 5. The third-order valence-electron chi connectivity index (χ3n) is 3.69. The molecule has 1 aromatic heterocycles. The van der Waals surface area contributed by atoms with Gasteiger partial charge in [-0.15, -0.1) is 0 Å². The minimum absolute atomic E-state index is 0.119. The molecule has 112 valence electrons. The molecule has 1 aliphatic rings. The van der Waals surface area contributed by atoms with Gasteiger partial charge in [-0.1, -0.05) is 6.92 Å². The van der Waals surface area contributed by atoms with Crippen LogP contribution in [0.1, 0.15) is 18.7 Å². The van der Waals surface area contributed by atoms with Crippen molar-refractivity contribution < 1.29 is 12.8 Å². The summed E-state index contributed by atoms with van der Waals surface area (Å²) in [5, 5.41) is 0. The Bertz CT molecular complexity index is 533. The second-order valence-corrected chi connectivity index (χ2v) is 7.66. The number of nitrogens with two attached hydrogens (primary N) is 1. The van der Waals surface area contributed by atoms with Gasteiger partial charge in [0.25, 0.3) is 0 Å². The summed E-state index contributed by atoms with van der Waals surface area (Å²) in [5.41, 5.74) is 6.79. The summed E-state index contributed by atoms with van der Waals surface area (Å²) in [5.74, 6) is 0.164. The Morgan fingerprint density at radius 3 is 2.60 bits per heavy atom.